The van der Waals surface area contributed by atoms with Crippen LogP contribution >= 0.6 is 0 Å². The lowest BCUT2D eigenvalue weighted by molar-refractivity contribution is -0.132. The Bertz CT molecular complexity index is 1100. The summed E-state index contributed by atoms with van der Waals surface area (Å²) in [4.78, 5) is 27.6. The van der Waals surface area contributed by atoms with E-state index in [1.165, 1.54) is 0 Å². The molecular weight excluding hydrogens is 424 g/mol. The number of benzene rings is 3. The summed E-state index contributed by atoms with van der Waals surface area (Å²) in [7, 11) is 1.64. The van der Waals surface area contributed by atoms with E-state index < -0.39 is 0 Å². The van der Waals surface area contributed by atoms with Crippen molar-refractivity contribution >= 4 is 17.9 Å². The van der Waals surface area contributed by atoms with Crippen LogP contribution in [0.25, 0.3) is 6.08 Å². The second-order valence-electron chi connectivity index (χ2n) is 8.47. The first-order valence-electron chi connectivity index (χ1n) is 11.7. The molecule has 1 aliphatic rings. The van der Waals surface area contributed by atoms with Gasteiger partial charge in [0.15, 0.2) is 0 Å². The predicted octanol–water partition coefficient (Wildman–Crippen LogP) is 4.85. The van der Waals surface area contributed by atoms with E-state index in [2.05, 4.69) is 5.32 Å². The molecule has 1 fully saturated rings. The van der Waals surface area contributed by atoms with E-state index in [1.54, 1.807) is 13.2 Å². The van der Waals surface area contributed by atoms with Crippen molar-refractivity contribution in [3.05, 3.63) is 108 Å². The summed E-state index contributed by atoms with van der Waals surface area (Å²) < 4.78 is 5.28. The second kappa shape index (κ2) is 11.3. The molecule has 3 aromatic rings. The fourth-order valence-electron chi connectivity index (χ4n) is 4.26. The number of nitrogens with one attached hydrogen (secondary N) is 1. The fraction of sp³-hybridized carbons (Fsp3) is 0.241. The number of methoxy groups -OCH3 is 1. The number of hydrogen-bond donors (Lipinski definition) is 1. The van der Waals surface area contributed by atoms with Crippen LogP contribution < -0.4 is 10.1 Å². The van der Waals surface area contributed by atoms with Crippen molar-refractivity contribution in [1.82, 2.24) is 10.2 Å². The van der Waals surface area contributed by atoms with Crippen molar-refractivity contribution in [1.29, 1.82) is 0 Å². The molecule has 1 unspecified atom stereocenters. The summed E-state index contributed by atoms with van der Waals surface area (Å²) in [5, 5.41) is 3.25. The second-order valence-corrected chi connectivity index (χ2v) is 8.47. The van der Waals surface area contributed by atoms with Crippen LogP contribution in [0.4, 0.5) is 0 Å². The van der Waals surface area contributed by atoms with Crippen molar-refractivity contribution in [3.63, 3.8) is 0 Å². The Hall–Kier alpha value is -3.86. The van der Waals surface area contributed by atoms with Gasteiger partial charge in [-0.3, -0.25) is 9.59 Å². The first-order valence-corrected chi connectivity index (χ1v) is 11.7. The Morgan fingerprint density at radius 2 is 1.47 bits per heavy atom. The first-order chi connectivity index (χ1) is 16.6. The number of amides is 2. The summed E-state index contributed by atoms with van der Waals surface area (Å²) >= 11 is 0. The van der Waals surface area contributed by atoms with Gasteiger partial charge in [0.05, 0.1) is 13.2 Å². The lowest BCUT2D eigenvalue weighted by atomic mass is 9.93. The van der Waals surface area contributed by atoms with Crippen LogP contribution in [0.2, 0.25) is 0 Å². The van der Waals surface area contributed by atoms with Crippen LogP contribution in [0, 0.1) is 5.92 Å². The van der Waals surface area contributed by atoms with E-state index in [9.17, 15) is 9.59 Å². The normalized spacial score (nSPS) is 15.1. The van der Waals surface area contributed by atoms with Gasteiger partial charge in [-0.1, -0.05) is 72.8 Å². The summed E-state index contributed by atoms with van der Waals surface area (Å²) in [6, 6.07) is 27.3. The lowest BCUT2D eigenvalue weighted by Crippen LogP contribution is -2.43. The van der Waals surface area contributed by atoms with E-state index in [4.69, 9.17) is 4.74 Å². The number of hydrogen-bond acceptors (Lipinski definition) is 3. The maximum Gasteiger partial charge on any atom is 0.246 e. The molecule has 0 radical (unpaired) electrons. The van der Waals surface area contributed by atoms with Crippen molar-refractivity contribution in [2.45, 2.75) is 18.9 Å². The van der Waals surface area contributed by atoms with Gasteiger partial charge in [0.2, 0.25) is 11.8 Å². The molecule has 0 spiro atoms. The van der Waals surface area contributed by atoms with E-state index in [0.717, 1.165) is 22.4 Å². The molecule has 4 rings (SSSR count). The van der Waals surface area contributed by atoms with Gasteiger partial charge in [-0.15, -0.1) is 0 Å². The van der Waals surface area contributed by atoms with Crippen LogP contribution in [0.15, 0.2) is 91.0 Å². The third kappa shape index (κ3) is 5.93. The third-order valence-corrected chi connectivity index (χ3v) is 6.26. The zero-order valence-corrected chi connectivity index (χ0v) is 19.4. The molecule has 0 aromatic heterocycles. The molecule has 0 bridgehead atoms. The molecule has 174 valence electrons. The number of piperidine rings is 1. The highest BCUT2D eigenvalue weighted by atomic mass is 16.5. The van der Waals surface area contributed by atoms with Gasteiger partial charge in [-0.25, -0.2) is 0 Å². The van der Waals surface area contributed by atoms with E-state index in [0.29, 0.717) is 25.9 Å². The monoisotopic (exact) mass is 454 g/mol. The van der Waals surface area contributed by atoms with Gasteiger partial charge in [0, 0.05) is 25.1 Å². The Labute approximate surface area is 201 Å². The minimum Gasteiger partial charge on any atom is -0.497 e. The minimum atomic E-state index is -0.243. The molecule has 0 aliphatic carbocycles. The first kappa shape index (κ1) is 23.3. The summed E-state index contributed by atoms with van der Waals surface area (Å²) in [6.45, 7) is 1.16. The Morgan fingerprint density at radius 3 is 2.09 bits per heavy atom. The standard InChI is InChI=1S/C29H30N2O3/c1-34-26-15-13-24(14-16-26)28(23-10-6-3-7-11-23)30-29(33)25-18-20-31(21-19-25)27(32)17-12-22-8-4-2-5-9-22/h2-17,25,28H,18-21H2,1H3,(H,30,33)/b17-12+. The summed E-state index contributed by atoms with van der Waals surface area (Å²) in [5.41, 5.74) is 3.02. The summed E-state index contributed by atoms with van der Waals surface area (Å²) in [6.07, 6.45) is 4.76. The van der Waals surface area contributed by atoms with Gasteiger partial charge in [-0.05, 0) is 47.7 Å². The van der Waals surface area contributed by atoms with Crippen molar-refractivity contribution in [3.8, 4) is 5.75 Å². The summed E-state index contributed by atoms with van der Waals surface area (Å²) in [5.74, 6) is 0.673. The van der Waals surface area contributed by atoms with Gasteiger partial charge in [0.1, 0.15) is 5.75 Å². The van der Waals surface area contributed by atoms with Gasteiger partial charge in [0.25, 0.3) is 0 Å². The van der Waals surface area contributed by atoms with Crippen LogP contribution in [0.5, 0.6) is 5.75 Å². The van der Waals surface area contributed by atoms with E-state index >= 15 is 0 Å². The van der Waals surface area contributed by atoms with Crippen LogP contribution in [0.1, 0.15) is 35.6 Å². The number of nitrogens with zero attached hydrogens (tertiary/aromatic N) is 1. The Balaban J connectivity index is 1.38. The quantitative estimate of drug-likeness (QED) is 0.519. The molecule has 0 saturated carbocycles. The molecule has 1 heterocycles. The molecule has 2 amide bonds. The molecule has 1 saturated heterocycles. The lowest BCUT2D eigenvalue weighted by Gasteiger charge is -2.32. The number of carbonyl (C=O) groups excluding carboxylic acids is 2. The topological polar surface area (TPSA) is 58.6 Å². The average molecular weight is 455 g/mol. The Kier molecular flexibility index (Phi) is 7.76. The maximum atomic E-state index is 13.2. The molecule has 3 aromatic carbocycles. The molecule has 5 heteroatoms. The Morgan fingerprint density at radius 1 is 0.882 bits per heavy atom. The van der Waals surface area contributed by atoms with Gasteiger partial charge < -0.3 is 15.0 Å². The molecular formula is C29H30N2O3. The van der Waals surface area contributed by atoms with E-state index in [1.807, 2.05) is 95.9 Å². The molecule has 1 aliphatic heterocycles. The van der Waals surface area contributed by atoms with Gasteiger partial charge in [-0.2, -0.15) is 0 Å². The predicted molar refractivity (Wildman–Crippen MR) is 134 cm³/mol. The van der Waals surface area contributed by atoms with Crippen LogP contribution in [-0.2, 0) is 9.59 Å². The molecule has 1 atom stereocenters. The number of ether oxygens (including phenoxy) is 1. The molecule has 5 nitrogen and oxygen atoms in total. The van der Waals surface area contributed by atoms with E-state index in [-0.39, 0.29) is 23.8 Å². The largest absolute Gasteiger partial charge is 0.497 e. The third-order valence-electron chi connectivity index (χ3n) is 6.26. The average Bonchev–Trinajstić information content (AvgIpc) is 2.91. The number of rotatable bonds is 7. The number of carbonyl (C=O) groups is 2. The number of likely N-dealkylation sites (tertiary alicyclic amines) is 1. The fourth-order valence-corrected chi connectivity index (χ4v) is 4.26. The van der Waals surface area contributed by atoms with Crippen LogP contribution in [-0.4, -0.2) is 36.9 Å². The molecule has 34 heavy (non-hydrogen) atoms. The minimum absolute atomic E-state index is 0.0110. The highest BCUT2D eigenvalue weighted by Gasteiger charge is 2.28. The zero-order valence-electron chi connectivity index (χ0n) is 19.4. The smallest absolute Gasteiger partial charge is 0.246 e. The van der Waals surface area contributed by atoms with Crippen molar-refractivity contribution in [2.75, 3.05) is 20.2 Å². The molecule has 1 N–H and O–H groups in total. The van der Waals surface area contributed by atoms with Crippen molar-refractivity contribution in [2.24, 2.45) is 5.92 Å². The highest BCUT2D eigenvalue weighted by molar-refractivity contribution is 5.92. The maximum absolute atomic E-state index is 13.2. The highest BCUT2D eigenvalue weighted by Crippen LogP contribution is 2.26. The van der Waals surface area contributed by atoms with Crippen LogP contribution in [0.3, 0.4) is 0 Å². The SMILES string of the molecule is COc1ccc(C(NC(=O)C2CCN(C(=O)/C=C/c3ccccc3)CC2)c2ccccc2)cc1. The van der Waals surface area contributed by atoms with Gasteiger partial charge >= 0.3 is 0 Å². The van der Waals surface area contributed by atoms with Crippen molar-refractivity contribution < 1.29 is 14.3 Å². The zero-order chi connectivity index (χ0) is 23.8.